The van der Waals surface area contributed by atoms with Crippen molar-refractivity contribution in [2.45, 2.75) is 25.5 Å². The number of nitrogen functional groups attached to an aromatic ring is 1. The zero-order chi connectivity index (χ0) is 13.0. The van der Waals surface area contributed by atoms with Crippen molar-refractivity contribution in [1.82, 2.24) is 0 Å². The van der Waals surface area contributed by atoms with Crippen LogP contribution < -0.4 is 10.0 Å². The van der Waals surface area contributed by atoms with E-state index in [1.54, 1.807) is 18.2 Å². The van der Waals surface area contributed by atoms with Gasteiger partial charge in [-0.25, -0.2) is 12.7 Å². The Morgan fingerprint density at radius 1 is 1.29 bits per heavy atom. The number of sulfonamides is 1. The van der Waals surface area contributed by atoms with E-state index in [0.29, 0.717) is 0 Å². The summed E-state index contributed by atoms with van der Waals surface area (Å²) in [6.07, 6.45) is 0. The maximum Gasteiger partial charge on any atom is 0.263 e. The second-order valence-corrected chi connectivity index (χ2v) is 6.98. The van der Waals surface area contributed by atoms with Gasteiger partial charge in [-0.15, -0.1) is 0 Å². The normalized spacial score (nSPS) is 21.1. The molecule has 17 heavy (non-hydrogen) atoms. The maximum atomic E-state index is 12.0. The molecule has 1 aromatic carbocycles. The number of amides is 1. The van der Waals surface area contributed by atoms with Gasteiger partial charge < -0.3 is 5.73 Å². The van der Waals surface area contributed by atoms with E-state index in [1.807, 2.05) is 6.92 Å². The Bertz CT molecular complexity index is 605. The summed E-state index contributed by atoms with van der Waals surface area (Å²) in [4.78, 5) is 11.9. The third-order valence-electron chi connectivity index (χ3n) is 2.99. The molecular formula is C11H14N2O3S. The van der Waals surface area contributed by atoms with Crippen molar-refractivity contribution in [2.24, 2.45) is 0 Å². The van der Waals surface area contributed by atoms with Crippen LogP contribution in [-0.4, -0.2) is 19.1 Å². The van der Waals surface area contributed by atoms with Crippen molar-refractivity contribution in [3.8, 4) is 0 Å². The number of carbonyl (C=O) groups is 1. The van der Waals surface area contributed by atoms with Gasteiger partial charge in [0.1, 0.15) is 0 Å². The molecule has 0 bridgehead atoms. The monoisotopic (exact) mass is 254 g/mol. The molecule has 2 N–H and O–H groups in total. The summed E-state index contributed by atoms with van der Waals surface area (Å²) >= 11 is 0. The fourth-order valence-electron chi connectivity index (χ4n) is 1.72. The summed E-state index contributed by atoms with van der Waals surface area (Å²) in [5.74, 6) is -0.449. The Balaban J connectivity index is 2.58. The molecule has 6 heteroatoms. The van der Waals surface area contributed by atoms with Crippen molar-refractivity contribution in [3.05, 3.63) is 23.8 Å². The van der Waals surface area contributed by atoms with E-state index in [1.165, 1.54) is 13.8 Å². The second-order valence-electron chi connectivity index (χ2n) is 4.65. The first-order valence-electron chi connectivity index (χ1n) is 5.15. The highest BCUT2D eigenvalue weighted by molar-refractivity contribution is 7.98. The molecule has 0 radical (unpaired) electrons. The molecule has 0 unspecified atom stereocenters. The van der Waals surface area contributed by atoms with Crippen LogP contribution >= 0.6 is 0 Å². The molecule has 1 aliphatic rings. The Kier molecular flexibility index (Phi) is 2.26. The van der Waals surface area contributed by atoms with Gasteiger partial charge in [0.2, 0.25) is 0 Å². The van der Waals surface area contributed by atoms with Crippen LogP contribution in [0.15, 0.2) is 18.2 Å². The van der Waals surface area contributed by atoms with Crippen LogP contribution in [0.1, 0.15) is 19.4 Å². The Labute approximate surface area is 100 Å². The number of anilines is 2. The van der Waals surface area contributed by atoms with Crippen LogP contribution in [-0.2, 0) is 14.8 Å². The zero-order valence-corrected chi connectivity index (χ0v) is 10.7. The minimum Gasteiger partial charge on any atom is -0.397 e. The standard InChI is InChI=1S/C11H14N2O3S/c1-7-4-5-8(12)9(6-7)13-10(14)11(2,3)17(13,15)16/h4-6H,12H2,1-3H3. The molecule has 0 atom stereocenters. The van der Waals surface area contributed by atoms with Gasteiger partial charge in [0.05, 0.1) is 11.4 Å². The third-order valence-corrected chi connectivity index (χ3v) is 5.30. The second kappa shape index (κ2) is 3.22. The van der Waals surface area contributed by atoms with E-state index >= 15 is 0 Å². The highest BCUT2D eigenvalue weighted by Gasteiger charge is 2.61. The summed E-state index contributed by atoms with van der Waals surface area (Å²) in [5.41, 5.74) is 7.09. The number of aryl methyl sites for hydroxylation is 1. The molecule has 1 aromatic rings. The van der Waals surface area contributed by atoms with Crippen LogP contribution in [0.25, 0.3) is 0 Å². The molecular weight excluding hydrogens is 240 g/mol. The lowest BCUT2D eigenvalue weighted by atomic mass is 10.1. The Morgan fingerprint density at radius 2 is 1.88 bits per heavy atom. The van der Waals surface area contributed by atoms with Crippen LogP contribution in [0, 0.1) is 6.92 Å². The fourth-order valence-corrected chi connectivity index (χ4v) is 3.22. The quantitative estimate of drug-likeness (QED) is 0.759. The summed E-state index contributed by atoms with van der Waals surface area (Å²) in [6, 6.07) is 4.96. The third kappa shape index (κ3) is 1.37. The van der Waals surface area contributed by atoms with Gasteiger partial charge in [0.25, 0.3) is 15.9 Å². The number of nitrogens with zero attached hydrogens (tertiary/aromatic N) is 1. The van der Waals surface area contributed by atoms with E-state index in [9.17, 15) is 13.2 Å². The smallest absolute Gasteiger partial charge is 0.263 e. The molecule has 2 rings (SSSR count). The molecule has 5 nitrogen and oxygen atoms in total. The minimum absolute atomic E-state index is 0.245. The van der Waals surface area contributed by atoms with Crippen LogP contribution in [0.3, 0.4) is 0 Å². The number of nitrogens with two attached hydrogens (primary N) is 1. The number of rotatable bonds is 1. The van der Waals surface area contributed by atoms with Crippen molar-refractivity contribution in [2.75, 3.05) is 10.0 Å². The number of carbonyl (C=O) groups excluding carboxylic acids is 1. The van der Waals surface area contributed by atoms with Crippen molar-refractivity contribution in [3.63, 3.8) is 0 Å². The van der Waals surface area contributed by atoms with E-state index in [4.69, 9.17) is 5.73 Å². The fraction of sp³-hybridized carbons (Fsp3) is 0.364. The van der Waals surface area contributed by atoms with Gasteiger partial charge in [-0.1, -0.05) is 6.07 Å². The Morgan fingerprint density at radius 3 is 2.41 bits per heavy atom. The topological polar surface area (TPSA) is 80.5 Å². The summed E-state index contributed by atoms with van der Waals surface area (Å²) in [7, 11) is -3.64. The summed E-state index contributed by atoms with van der Waals surface area (Å²) in [6.45, 7) is 4.60. The van der Waals surface area contributed by atoms with Gasteiger partial charge >= 0.3 is 0 Å². The lowest BCUT2D eigenvalue weighted by molar-refractivity contribution is -0.120. The van der Waals surface area contributed by atoms with Gasteiger partial charge in [0, 0.05) is 0 Å². The van der Waals surface area contributed by atoms with Gasteiger partial charge in [-0.3, -0.25) is 4.79 Å². The van der Waals surface area contributed by atoms with Crippen LogP contribution in [0.5, 0.6) is 0 Å². The molecule has 92 valence electrons. The van der Waals surface area contributed by atoms with E-state index in [0.717, 1.165) is 9.87 Å². The highest BCUT2D eigenvalue weighted by Crippen LogP contribution is 2.41. The average Bonchev–Trinajstić information content (AvgIpc) is 2.22. The number of hydrogen-bond donors (Lipinski definition) is 1. The predicted octanol–water partition coefficient (Wildman–Crippen LogP) is 1.03. The first-order valence-corrected chi connectivity index (χ1v) is 6.59. The van der Waals surface area contributed by atoms with Gasteiger partial charge in [-0.05, 0) is 38.5 Å². The van der Waals surface area contributed by atoms with E-state index in [-0.39, 0.29) is 11.4 Å². The van der Waals surface area contributed by atoms with Gasteiger partial charge in [-0.2, -0.15) is 0 Å². The molecule has 1 amide bonds. The SMILES string of the molecule is Cc1ccc(N)c(N2C(=O)C(C)(C)S2(=O)=O)c1. The average molecular weight is 254 g/mol. The summed E-state index contributed by atoms with van der Waals surface area (Å²) < 4.78 is 23.4. The molecule has 1 heterocycles. The van der Waals surface area contributed by atoms with Crippen LogP contribution in [0.4, 0.5) is 11.4 Å². The highest BCUT2D eigenvalue weighted by atomic mass is 32.2. The van der Waals surface area contributed by atoms with E-state index in [2.05, 4.69) is 0 Å². The minimum atomic E-state index is -3.64. The summed E-state index contributed by atoms with van der Waals surface area (Å²) in [5, 5.41) is 0. The van der Waals surface area contributed by atoms with E-state index < -0.39 is 20.7 Å². The van der Waals surface area contributed by atoms with Crippen LogP contribution in [0.2, 0.25) is 0 Å². The molecule has 1 fully saturated rings. The maximum absolute atomic E-state index is 12.0. The van der Waals surface area contributed by atoms with Crippen molar-refractivity contribution in [1.29, 1.82) is 0 Å². The van der Waals surface area contributed by atoms with Crippen molar-refractivity contribution >= 4 is 27.3 Å². The van der Waals surface area contributed by atoms with Gasteiger partial charge in [0.15, 0.2) is 4.75 Å². The first kappa shape index (κ1) is 11.9. The number of hydrogen-bond acceptors (Lipinski definition) is 4. The molecule has 1 aliphatic heterocycles. The molecule has 0 saturated carbocycles. The predicted molar refractivity (Wildman–Crippen MR) is 66.1 cm³/mol. The Hall–Kier alpha value is -1.56. The lowest BCUT2D eigenvalue weighted by Crippen LogP contribution is -2.67. The molecule has 0 aliphatic carbocycles. The first-order chi connectivity index (χ1) is 7.69. The molecule has 0 aromatic heterocycles. The molecule has 0 spiro atoms. The molecule has 1 saturated heterocycles. The number of benzene rings is 1. The zero-order valence-electron chi connectivity index (χ0n) is 9.89. The lowest BCUT2D eigenvalue weighted by Gasteiger charge is -2.43. The largest absolute Gasteiger partial charge is 0.397 e. The van der Waals surface area contributed by atoms with Crippen molar-refractivity contribution < 1.29 is 13.2 Å².